The molecule has 0 bridgehead atoms. The molecule has 3 N–H and O–H groups in total. The van der Waals surface area contributed by atoms with E-state index in [2.05, 4.69) is 21.8 Å². The molecule has 2 amide bonds. The summed E-state index contributed by atoms with van der Waals surface area (Å²) in [5.41, 5.74) is 4.09. The number of aromatic nitrogens is 2. The maximum absolute atomic E-state index is 14.5. The number of urea groups is 1. The molecule has 0 unspecified atom stereocenters. The minimum atomic E-state index is -0.954. The number of amides is 2. The van der Waals surface area contributed by atoms with Crippen LogP contribution in [0.4, 0.5) is 15.0 Å². The lowest BCUT2D eigenvalue weighted by molar-refractivity contribution is -0.136. The summed E-state index contributed by atoms with van der Waals surface area (Å²) in [6.45, 7) is 0. The molecule has 5 rings (SSSR count). The highest BCUT2D eigenvalue weighted by Gasteiger charge is 2.24. The summed E-state index contributed by atoms with van der Waals surface area (Å²) in [6, 6.07) is 22.2. The van der Waals surface area contributed by atoms with Crippen molar-refractivity contribution in [2.24, 2.45) is 0 Å². The van der Waals surface area contributed by atoms with E-state index >= 15 is 0 Å². The van der Waals surface area contributed by atoms with Crippen molar-refractivity contribution >= 4 is 17.8 Å². The molecule has 0 saturated heterocycles. The summed E-state index contributed by atoms with van der Waals surface area (Å²) in [7, 11) is 0. The van der Waals surface area contributed by atoms with Gasteiger partial charge in [-0.3, -0.25) is 10.1 Å². The number of carboxylic acid groups (broad SMARTS) is 1. The summed E-state index contributed by atoms with van der Waals surface area (Å²) in [6.07, 6.45) is 1.55. The lowest BCUT2D eigenvalue weighted by atomic mass is 10.1. The average Bonchev–Trinajstić information content (AvgIpc) is 3.43. The highest BCUT2D eigenvalue weighted by Crippen LogP contribution is 2.31. The third-order valence-electron chi connectivity index (χ3n) is 6.05. The molecular weight excluding hydrogens is 447 g/mol. The highest BCUT2D eigenvalue weighted by atomic mass is 19.1. The molecule has 0 saturated carbocycles. The zero-order valence-corrected chi connectivity index (χ0v) is 18.7. The minimum absolute atomic E-state index is 0.104. The molecule has 1 atom stereocenters. The number of carbonyl (C=O) groups excluding carboxylic acids is 1. The Balaban J connectivity index is 1.47. The molecule has 35 heavy (non-hydrogen) atoms. The van der Waals surface area contributed by atoms with Gasteiger partial charge in [0.2, 0.25) is 0 Å². The molecule has 0 spiro atoms. The Morgan fingerprint density at radius 2 is 1.83 bits per heavy atom. The number of hydrogen-bond donors (Lipinski definition) is 3. The molecule has 1 aliphatic carbocycles. The number of carboxylic acids is 1. The van der Waals surface area contributed by atoms with Gasteiger partial charge in [-0.1, -0.05) is 48.5 Å². The number of rotatable bonds is 6. The van der Waals surface area contributed by atoms with Crippen LogP contribution in [0, 0.1) is 5.82 Å². The summed E-state index contributed by atoms with van der Waals surface area (Å²) < 4.78 is 16.0. The average molecular weight is 471 g/mol. The number of nitrogens with zero attached hydrogens (tertiary/aromatic N) is 2. The number of carbonyl (C=O) groups is 2. The van der Waals surface area contributed by atoms with Crippen LogP contribution >= 0.6 is 0 Å². The normalized spacial score (nSPS) is 14.4. The van der Waals surface area contributed by atoms with Crippen molar-refractivity contribution in [1.82, 2.24) is 15.1 Å². The first-order valence-corrected chi connectivity index (χ1v) is 11.3. The predicted molar refractivity (Wildman–Crippen MR) is 130 cm³/mol. The van der Waals surface area contributed by atoms with Crippen molar-refractivity contribution in [2.75, 3.05) is 5.32 Å². The summed E-state index contributed by atoms with van der Waals surface area (Å²) >= 11 is 0. The van der Waals surface area contributed by atoms with Gasteiger partial charge < -0.3 is 10.4 Å². The van der Waals surface area contributed by atoms with Crippen LogP contribution in [0.1, 0.15) is 29.2 Å². The first kappa shape index (κ1) is 22.3. The Kier molecular flexibility index (Phi) is 6.01. The standard InChI is InChI=1S/C27H23FN4O3/c28-22-11-4-3-10-21(22)24-16-25(32(31-24)19-8-5-6-17(14-19)15-26(33)34)30-27(35)29-23-13-12-18-7-1-2-9-20(18)23/h1-11,14,16,23H,12-13,15H2,(H,33,34)(H2,29,30,35)/t23-/m0/s1. The number of aryl methyl sites for hydroxylation is 1. The van der Waals surface area contributed by atoms with Crippen LogP contribution < -0.4 is 10.6 Å². The molecule has 3 aromatic carbocycles. The van der Waals surface area contributed by atoms with Crippen molar-refractivity contribution in [3.8, 4) is 16.9 Å². The predicted octanol–water partition coefficient (Wildman–Crippen LogP) is 5.11. The summed E-state index contributed by atoms with van der Waals surface area (Å²) in [5, 5.41) is 19.6. The van der Waals surface area contributed by atoms with Crippen molar-refractivity contribution in [2.45, 2.75) is 25.3 Å². The van der Waals surface area contributed by atoms with Gasteiger partial charge in [0.05, 0.1) is 23.8 Å². The maximum atomic E-state index is 14.5. The molecule has 0 radical (unpaired) electrons. The lowest BCUT2D eigenvalue weighted by Crippen LogP contribution is -2.32. The van der Waals surface area contributed by atoms with Gasteiger partial charge in [0.15, 0.2) is 0 Å². The molecule has 176 valence electrons. The molecule has 1 heterocycles. The zero-order chi connectivity index (χ0) is 24.4. The monoisotopic (exact) mass is 470 g/mol. The number of aliphatic carboxylic acids is 1. The fourth-order valence-electron chi connectivity index (χ4n) is 4.46. The Hall–Kier alpha value is -4.46. The van der Waals surface area contributed by atoms with Gasteiger partial charge in [-0.2, -0.15) is 5.10 Å². The van der Waals surface area contributed by atoms with Crippen LogP contribution in [0.15, 0.2) is 78.9 Å². The molecule has 8 heteroatoms. The van der Waals surface area contributed by atoms with E-state index in [1.54, 1.807) is 48.5 Å². The van der Waals surface area contributed by atoms with Gasteiger partial charge in [0, 0.05) is 11.6 Å². The minimum Gasteiger partial charge on any atom is -0.481 e. The van der Waals surface area contributed by atoms with Gasteiger partial charge in [-0.25, -0.2) is 13.9 Å². The maximum Gasteiger partial charge on any atom is 0.320 e. The second-order valence-corrected chi connectivity index (χ2v) is 8.44. The number of nitrogens with one attached hydrogen (secondary N) is 2. The van der Waals surface area contributed by atoms with Gasteiger partial charge in [0.1, 0.15) is 11.6 Å². The van der Waals surface area contributed by atoms with Crippen LogP contribution in [-0.4, -0.2) is 26.9 Å². The molecule has 0 fully saturated rings. The van der Waals surface area contributed by atoms with E-state index in [1.165, 1.54) is 16.3 Å². The van der Waals surface area contributed by atoms with E-state index in [4.69, 9.17) is 5.11 Å². The van der Waals surface area contributed by atoms with E-state index in [9.17, 15) is 14.0 Å². The Morgan fingerprint density at radius 1 is 1.03 bits per heavy atom. The molecule has 1 aliphatic rings. The van der Waals surface area contributed by atoms with E-state index in [1.807, 2.05) is 18.2 Å². The number of benzene rings is 3. The fraction of sp³-hybridized carbons (Fsp3) is 0.148. The number of fused-ring (bicyclic) bond motifs is 1. The van der Waals surface area contributed by atoms with E-state index in [-0.39, 0.29) is 12.5 Å². The largest absolute Gasteiger partial charge is 0.481 e. The van der Waals surface area contributed by atoms with E-state index in [0.717, 1.165) is 18.4 Å². The zero-order valence-electron chi connectivity index (χ0n) is 18.7. The fourth-order valence-corrected chi connectivity index (χ4v) is 4.46. The van der Waals surface area contributed by atoms with Crippen LogP contribution in [0.3, 0.4) is 0 Å². The molecule has 7 nitrogen and oxygen atoms in total. The SMILES string of the molecule is O=C(O)Cc1cccc(-n2nc(-c3ccccc3F)cc2NC(=O)N[C@H]2CCc3ccccc32)c1. The van der Waals surface area contributed by atoms with Crippen LogP contribution in [0.5, 0.6) is 0 Å². The second kappa shape index (κ2) is 9.42. The topological polar surface area (TPSA) is 96.2 Å². The number of hydrogen-bond acceptors (Lipinski definition) is 3. The van der Waals surface area contributed by atoms with Gasteiger partial charge in [-0.15, -0.1) is 0 Å². The third-order valence-corrected chi connectivity index (χ3v) is 6.05. The van der Waals surface area contributed by atoms with Gasteiger partial charge >= 0.3 is 12.0 Å². The smallest absolute Gasteiger partial charge is 0.320 e. The molecular formula is C27H23FN4O3. The lowest BCUT2D eigenvalue weighted by Gasteiger charge is -2.15. The van der Waals surface area contributed by atoms with Crippen molar-refractivity contribution in [1.29, 1.82) is 0 Å². The Morgan fingerprint density at radius 3 is 2.66 bits per heavy atom. The van der Waals surface area contributed by atoms with E-state index in [0.29, 0.717) is 28.3 Å². The van der Waals surface area contributed by atoms with Crippen LogP contribution in [0.2, 0.25) is 0 Å². The third kappa shape index (κ3) is 4.77. The van der Waals surface area contributed by atoms with Crippen molar-refractivity contribution in [3.05, 3.63) is 101 Å². The number of anilines is 1. The quantitative estimate of drug-likeness (QED) is 0.365. The Bertz CT molecular complexity index is 1420. The first-order valence-electron chi connectivity index (χ1n) is 11.3. The Labute approximate surface area is 201 Å². The second-order valence-electron chi connectivity index (χ2n) is 8.44. The highest BCUT2D eigenvalue weighted by molar-refractivity contribution is 5.90. The van der Waals surface area contributed by atoms with Crippen LogP contribution in [0.25, 0.3) is 16.9 Å². The number of halogens is 1. The summed E-state index contributed by atoms with van der Waals surface area (Å²) in [5.74, 6) is -1.06. The molecule has 0 aliphatic heterocycles. The first-order chi connectivity index (χ1) is 17.0. The summed E-state index contributed by atoms with van der Waals surface area (Å²) in [4.78, 5) is 24.2. The molecule has 4 aromatic rings. The van der Waals surface area contributed by atoms with Crippen molar-refractivity contribution in [3.63, 3.8) is 0 Å². The van der Waals surface area contributed by atoms with Crippen molar-refractivity contribution < 1.29 is 19.1 Å². The molecule has 1 aromatic heterocycles. The van der Waals surface area contributed by atoms with Gasteiger partial charge in [0.25, 0.3) is 0 Å². The van der Waals surface area contributed by atoms with Crippen LogP contribution in [-0.2, 0) is 17.6 Å². The van der Waals surface area contributed by atoms with E-state index < -0.39 is 17.8 Å². The van der Waals surface area contributed by atoms with Gasteiger partial charge in [-0.05, 0) is 53.8 Å².